The van der Waals surface area contributed by atoms with Crippen LogP contribution in [0.5, 0.6) is 0 Å². The first kappa shape index (κ1) is 19.3. The summed E-state index contributed by atoms with van der Waals surface area (Å²) in [6, 6.07) is 9.36. The molecule has 0 atom stereocenters. The average molecular weight is 325 g/mol. The number of nitrogens with zero attached hydrogens (tertiary/aromatic N) is 1. The maximum Gasteiger partial charge on any atom is 0.214 e. The molecule has 0 aromatic heterocycles. The van der Waals surface area contributed by atoms with E-state index in [-0.39, 0.29) is 24.6 Å². The second-order valence-corrected chi connectivity index (χ2v) is 6.41. The van der Waals surface area contributed by atoms with Crippen molar-refractivity contribution < 1.29 is 12.8 Å². The second kappa shape index (κ2) is 10.1. The van der Waals surface area contributed by atoms with Gasteiger partial charge in [-0.2, -0.15) is 4.31 Å². The molecule has 1 aromatic rings. The van der Waals surface area contributed by atoms with E-state index in [1.807, 2.05) is 30.3 Å². The molecule has 0 bridgehead atoms. The van der Waals surface area contributed by atoms with E-state index in [2.05, 4.69) is 0 Å². The van der Waals surface area contributed by atoms with Crippen LogP contribution in [0.1, 0.15) is 18.4 Å². The van der Waals surface area contributed by atoms with Crippen LogP contribution in [-0.2, 0) is 16.6 Å². The first-order valence-corrected chi connectivity index (χ1v) is 7.99. The van der Waals surface area contributed by atoms with Gasteiger partial charge in [0.2, 0.25) is 10.0 Å². The molecule has 4 nitrogen and oxygen atoms in total. The van der Waals surface area contributed by atoms with Crippen molar-refractivity contribution in [2.24, 2.45) is 5.73 Å². The molecule has 0 amide bonds. The molecule has 2 N–H and O–H groups in total. The molecule has 0 radical (unpaired) electrons. The number of sulfonamides is 1. The van der Waals surface area contributed by atoms with Crippen molar-refractivity contribution in [3.05, 3.63) is 35.9 Å². The number of benzene rings is 1. The monoisotopic (exact) mass is 324 g/mol. The fourth-order valence-electron chi connectivity index (χ4n) is 1.74. The van der Waals surface area contributed by atoms with E-state index in [0.29, 0.717) is 26.1 Å². The minimum absolute atomic E-state index is 0. The van der Waals surface area contributed by atoms with E-state index in [1.165, 1.54) is 4.31 Å². The summed E-state index contributed by atoms with van der Waals surface area (Å²) in [5.41, 5.74) is 6.35. The molecule has 0 saturated heterocycles. The molecule has 0 spiro atoms. The maximum absolute atomic E-state index is 12.2. The number of nitrogens with two attached hydrogens (primary N) is 1. The van der Waals surface area contributed by atoms with Crippen LogP contribution in [0.3, 0.4) is 0 Å². The van der Waals surface area contributed by atoms with Gasteiger partial charge >= 0.3 is 0 Å². The quantitative estimate of drug-likeness (QED) is 0.755. The zero-order valence-corrected chi connectivity index (χ0v) is 13.0. The third-order valence-corrected chi connectivity index (χ3v) is 4.65. The summed E-state index contributed by atoms with van der Waals surface area (Å²) in [6.45, 7) is 0.509. The fourth-order valence-corrected chi connectivity index (χ4v) is 3.22. The lowest BCUT2D eigenvalue weighted by Gasteiger charge is -2.22. The summed E-state index contributed by atoms with van der Waals surface area (Å²) >= 11 is 0. The predicted octanol–water partition coefficient (Wildman–Crippen LogP) is 1.95. The molecular weight excluding hydrogens is 303 g/mol. The van der Waals surface area contributed by atoms with Crippen molar-refractivity contribution >= 4 is 22.4 Å². The normalized spacial score (nSPS) is 11.3. The van der Waals surface area contributed by atoms with Crippen LogP contribution in [-0.4, -0.2) is 38.2 Å². The summed E-state index contributed by atoms with van der Waals surface area (Å²) in [5, 5.41) is 0. The molecule has 0 aliphatic heterocycles. The maximum atomic E-state index is 12.2. The van der Waals surface area contributed by atoms with E-state index < -0.39 is 16.7 Å². The Kier molecular flexibility index (Phi) is 9.75. The van der Waals surface area contributed by atoms with Crippen LogP contribution >= 0.6 is 12.4 Å². The Hall–Kier alpha value is -0.690. The molecule has 0 aliphatic carbocycles. The third-order valence-electron chi connectivity index (χ3n) is 2.74. The van der Waals surface area contributed by atoms with Gasteiger partial charge in [-0.1, -0.05) is 30.3 Å². The van der Waals surface area contributed by atoms with E-state index in [9.17, 15) is 12.8 Å². The van der Waals surface area contributed by atoms with Crippen molar-refractivity contribution in [3.8, 4) is 0 Å². The number of hydrogen-bond donors (Lipinski definition) is 1. The summed E-state index contributed by atoms with van der Waals surface area (Å²) in [6.07, 6.45) is 0.637. The first-order chi connectivity index (χ1) is 9.10. The van der Waals surface area contributed by atoms with Crippen molar-refractivity contribution in [1.82, 2.24) is 4.31 Å². The fraction of sp³-hybridized carbons (Fsp3) is 0.538. The molecule has 20 heavy (non-hydrogen) atoms. The van der Waals surface area contributed by atoms with Gasteiger partial charge in [0.25, 0.3) is 0 Å². The summed E-state index contributed by atoms with van der Waals surface area (Å²) in [7, 11) is -3.42. The Labute approximate surface area is 126 Å². The minimum Gasteiger partial charge on any atom is -0.330 e. The van der Waals surface area contributed by atoms with Crippen molar-refractivity contribution in [3.63, 3.8) is 0 Å². The zero-order chi connectivity index (χ0) is 14.1. The van der Waals surface area contributed by atoms with Gasteiger partial charge in [0, 0.05) is 13.1 Å². The van der Waals surface area contributed by atoms with Crippen LogP contribution in [0.2, 0.25) is 0 Å². The summed E-state index contributed by atoms with van der Waals surface area (Å²) in [4.78, 5) is 0. The molecular formula is C13H22ClFN2O2S. The Balaban J connectivity index is 0.00000361. The highest BCUT2D eigenvalue weighted by molar-refractivity contribution is 7.89. The average Bonchev–Trinajstić information content (AvgIpc) is 2.42. The van der Waals surface area contributed by atoms with Gasteiger partial charge in [-0.15, -0.1) is 12.4 Å². The van der Waals surface area contributed by atoms with E-state index >= 15 is 0 Å². The zero-order valence-electron chi connectivity index (χ0n) is 11.4. The van der Waals surface area contributed by atoms with Gasteiger partial charge in [0.15, 0.2) is 0 Å². The Morgan fingerprint density at radius 1 is 1.15 bits per heavy atom. The van der Waals surface area contributed by atoms with Crippen LogP contribution in [0.4, 0.5) is 4.39 Å². The highest BCUT2D eigenvalue weighted by Gasteiger charge is 2.21. The van der Waals surface area contributed by atoms with Crippen LogP contribution in [0.25, 0.3) is 0 Å². The molecule has 0 unspecified atom stereocenters. The molecule has 0 fully saturated rings. The van der Waals surface area contributed by atoms with Crippen LogP contribution < -0.4 is 5.73 Å². The smallest absolute Gasteiger partial charge is 0.214 e. The summed E-state index contributed by atoms with van der Waals surface area (Å²) < 4.78 is 37.8. The molecule has 1 aromatic carbocycles. The molecule has 116 valence electrons. The largest absolute Gasteiger partial charge is 0.330 e. The number of hydrogen-bond acceptors (Lipinski definition) is 3. The summed E-state index contributed by atoms with van der Waals surface area (Å²) in [5.74, 6) is -0.152. The standard InChI is InChI=1S/C13H21FN2O2S.ClH/c14-8-4-11-19(17,18)16(10-5-9-15)12-13-6-2-1-3-7-13;/h1-3,6-7H,4-5,8-12,15H2;1H. The topological polar surface area (TPSA) is 63.4 Å². The van der Waals surface area contributed by atoms with E-state index in [1.54, 1.807) is 0 Å². The number of rotatable bonds is 9. The minimum atomic E-state index is -3.42. The second-order valence-electron chi connectivity index (χ2n) is 4.32. The van der Waals surface area contributed by atoms with Gasteiger partial charge in [0.1, 0.15) is 0 Å². The van der Waals surface area contributed by atoms with E-state index in [4.69, 9.17) is 5.73 Å². The number of halogens is 2. The lowest BCUT2D eigenvalue weighted by Crippen LogP contribution is -2.34. The molecule has 0 heterocycles. The lowest BCUT2D eigenvalue weighted by molar-refractivity contribution is 0.397. The van der Waals surface area contributed by atoms with Gasteiger partial charge in [-0.05, 0) is 24.9 Å². The highest BCUT2D eigenvalue weighted by Crippen LogP contribution is 2.11. The molecule has 0 saturated carbocycles. The van der Waals surface area contributed by atoms with Crippen LogP contribution in [0.15, 0.2) is 30.3 Å². The SMILES string of the molecule is Cl.NCCCN(Cc1ccccc1)S(=O)(=O)CCCF. The lowest BCUT2D eigenvalue weighted by atomic mass is 10.2. The molecule has 1 rings (SSSR count). The Bertz CT molecular complexity index is 457. The van der Waals surface area contributed by atoms with Crippen molar-refractivity contribution in [2.45, 2.75) is 19.4 Å². The predicted molar refractivity (Wildman–Crippen MR) is 82.2 cm³/mol. The first-order valence-electron chi connectivity index (χ1n) is 6.38. The van der Waals surface area contributed by atoms with Gasteiger partial charge < -0.3 is 5.73 Å². The Morgan fingerprint density at radius 2 is 1.80 bits per heavy atom. The molecule has 0 aliphatic rings. The van der Waals surface area contributed by atoms with Gasteiger partial charge in [-0.3, -0.25) is 4.39 Å². The number of alkyl halides is 1. The third kappa shape index (κ3) is 6.65. The van der Waals surface area contributed by atoms with Crippen LogP contribution in [0, 0.1) is 0 Å². The van der Waals surface area contributed by atoms with Crippen molar-refractivity contribution in [2.75, 3.05) is 25.5 Å². The van der Waals surface area contributed by atoms with Crippen molar-refractivity contribution in [1.29, 1.82) is 0 Å². The van der Waals surface area contributed by atoms with Gasteiger partial charge in [-0.25, -0.2) is 8.42 Å². The highest BCUT2D eigenvalue weighted by atomic mass is 35.5. The Morgan fingerprint density at radius 3 is 2.35 bits per heavy atom. The van der Waals surface area contributed by atoms with E-state index in [0.717, 1.165) is 5.56 Å². The van der Waals surface area contributed by atoms with Gasteiger partial charge in [0.05, 0.1) is 12.4 Å². The molecule has 7 heteroatoms.